The van der Waals surface area contributed by atoms with E-state index < -0.39 is 17.9 Å². The topological polar surface area (TPSA) is 88.1 Å². The van der Waals surface area contributed by atoms with E-state index in [2.05, 4.69) is 25.3 Å². The third-order valence-electron chi connectivity index (χ3n) is 4.63. The molecule has 27 heavy (non-hydrogen) atoms. The van der Waals surface area contributed by atoms with Crippen molar-refractivity contribution in [3.05, 3.63) is 59.8 Å². The number of hydrogen-bond acceptors (Lipinski definition) is 6. The number of aromatic amines is 1. The van der Waals surface area contributed by atoms with Gasteiger partial charge in [0.15, 0.2) is 0 Å². The molecule has 138 valence electrons. The lowest BCUT2D eigenvalue weighted by Crippen LogP contribution is -2.37. The summed E-state index contributed by atoms with van der Waals surface area (Å²) in [6.45, 7) is 1.23. The molecule has 1 atom stereocenters. The molecule has 1 aliphatic rings. The van der Waals surface area contributed by atoms with E-state index in [1.165, 1.54) is 0 Å². The van der Waals surface area contributed by atoms with Crippen LogP contribution in [0.15, 0.2) is 41.2 Å². The van der Waals surface area contributed by atoms with E-state index in [0.29, 0.717) is 13.0 Å². The molecular weight excluding hydrogens is 356 g/mol. The fourth-order valence-corrected chi connectivity index (χ4v) is 3.38. The van der Waals surface area contributed by atoms with Crippen molar-refractivity contribution in [3.63, 3.8) is 0 Å². The van der Waals surface area contributed by atoms with Gasteiger partial charge in [0.25, 0.3) is 5.89 Å². The number of fused-ring (bicyclic) bond motifs is 2. The Bertz CT molecular complexity index is 1080. The summed E-state index contributed by atoms with van der Waals surface area (Å²) >= 11 is 0. The quantitative estimate of drug-likeness (QED) is 0.596. The summed E-state index contributed by atoms with van der Waals surface area (Å²) in [5.41, 5.74) is 3.39. The molecule has 1 aliphatic heterocycles. The minimum absolute atomic E-state index is 0.0298. The van der Waals surface area contributed by atoms with Crippen LogP contribution in [0.1, 0.15) is 35.9 Å². The smallest absolute Gasteiger partial charge is 0.321 e. The van der Waals surface area contributed by atoms with E-state index in [1.54, 1.807) is 15.7 Å². The van der Waals surface area contributed by atoms with Crippen molar-refractivity contribution in [2.24, 2.45) is 0 Å². The number of rotatable bonds is 3. The van der Waals surface area contributed by atoms with E-state index in [1.807, 2.05) is 30.5 Å². The van der Waals surface area contributed by atoms with Crippen LogP contribution < -0.4 is 4.90 Å². The third kappa shape index (κ3) is 2.56. The van der Waals surface area contributed by atoms with Crippen LogP contribution in [-0.2, 0) is 12.3 Å². The highest BCUT2D eigenvalue weighted by atomic mass is 19.3. The molecule has 5 heterocycles. The number of nitrogens with zero attached hydrogens (tertiary/aromatic N) is 6. The van der Waals surface area contributed by atoms with Crippen molar-refractivity contribution >= 4 is 11.5 Å². The molecule has 5 rings (SSSR count). The highest BCUT2D eigenvalue weighted by Crippen LogP contribution is 2.37. The van der Waals surface area contributed by atoms with E-state index in [-0.39, 0.29) is 6.01 Å². The summed E-state index contributed by atoms with van der Waals surface area (Å²) < 4.78 is 34.1. The largest absolute Gasteiger partial charge is 0.401 e. The van der Waals surface area contributed by atoms with Crippen LogP contribution in [0.3, 0.4) is 0 Å². The summed E-state index contributed by atoms with van der Waals surface area (Å²) in [4.78, 5) is 9.34. The molecule has 0 saturated carbocycles. The van der Waals surface area contributed by atoms with Crippen LogP contribution in [0.5, 0.6) is 0 Å². The van der Waals surface area contributed by atoms with Crippen LogP contribution in [0.25, 0.3) is 5.52 Å². The van der Waals surface area contributed by atoms with Gasteiger partial charge in [0.05, 0.1) is 23.2 Å². The number of pyridine rings is 1. The molecule has 4 aromatic rings. The Morgan fingerprint density at radius 1 is 1.30 bits per heavy atom. The first-order valence-electron chi connectivity index (χ1n) is 8.45. The molecule has 1 N–H and O–H groups in total. The van der Waals surface area contributed by atoms with Gasteiger partial charge in [0.2, 0.25) is 0 Å². The van der Waals surface area contributed by atoms with Crippen LogP contribution in [0, 0.1) is 0 Å². The lowest BCUT2D eigenvalue weighted by atomic mass is 10.0. The van der Waals surface area contributed by atoms with Gasteiger partial charge in [-0.1, -0.05) is 11.2 Å². The minimum atomic E-state index is -3.20. The van der Waals surface area contributed by atoms with Crippen molar-refractivity contribution in [2.75, 3.05) is 11.4 Å². The molecule has 0 fully saturated rings. The van der Waals surface area contributed by atoms with E-state index in [0.717, 1.165) is 29.5 Å². The highest BCUT2D eigenvalue weighted by molar-refractivity contribution is 5.51. The van der Waals surface area contributed by atoms with Crippen molar-refractivity contribution in [3.8, 4) is 0 Å². The Hall–Kier alpha value is -3.30. The van der Waals surface area contributed by atoms with Gasteiger partial charge >= 0.3 is 11.9 Å². The van der Waals surface area contributed by atoms with Gasteiger partial charge in [-0.25, -0.2) is 9.50 Å². The molecule has 0 aromatic carbocycles. The van der Waals surface area contributed by atoms with Gasteiger partial charge in [-0.05, 0) is 18.2 Å². The lowest BCUT2D eigenvalue weighted by molar-refractivity contribution is -0.0107. The van der Waals surface area contributed by atoms with Gasteiger partial charge in [0, 0.05) is 31.8 Å². The summed E-state index contributed by atoms with van der Waals surface area (Å²) in [7, 11) is 0. The van der Waals surface area contributed by atoms with Crippen LogP contribution in [-0.4, -0.2) is 36.3 Å². The second-order valence-corrected chi connectivity index (χ2v) is 6.53. The molecule has 1 unspecified atom stereocenters. The fraction of sp³-hybridized carbons (Fsp3) is 0.294. The Morgan fingerprint density at radius 2 is 2.19 bits per heavy atom. The molecule has 0 amide bonds. The maximum atomic E-state index is 13.5. The molecule has 0 aliphatic carbocycles. The average molecular weight is 371 g/mol. The molecule has 0 radical (unpaired) electrons. The Labute approximate surface area is 151 Å². The zero-order chi connectivity index (χ0) is 18.6. The maximum absolute atomic E-state index is 13.5. The summed E-state index contributed by atoms with van der Waals surface area (Å²) in [5.74, 6) is -3.91. The first kappa shape index (κ1) is 15.9. The van der Waals surface area contributed by atoms with Gasteiger partial charge in [-0.2, -0.15) is 13.9 Å². The number of alkyl halides is 2. The number of nitrogens with one attached hydrogen (secondary N) is 1. The van der Waals surface area contributed by atoms with Crippen molar-refractivity contribution in [1.82, 2.24) is 29.8 Å². The zero-order valence-electron chi connectivity index (χ0n) is 14.3. The SMILES string of the molecule is CC(F)(F)c1nnc(N2CCc3[nH]cnc3C2c2cc3ccccn3n2)o1. The average Bonchev–Trinajstić information content (AvgIpc) is 3.37. The Kier molecular flexibility index (Phi) is 3.30. The fourth-order valence-electron chi connectivity index (χ4n) is 3.38. The van der Waals surface area contributed by atoms with Crippen molar-refractivity contribution in [2.45, 2.75) is 25.3 Å². The Morgan fingerprint density at radius 3 is 2.96 bits per heavy atom. The van der Waals surface area contributed by atoms with Crippen LogP contribution in [0.2, 0.25) is 0 Å². The van der Waals surface area contributed by atoms with Crippen LogP contribution >= 0.6 is 0 Å². The van der Waals surface area contributed by atoms with Crippen LogP contribution in [0.4, 0.5) is 14.8 Å². The standard InChI is InChI=1S/C17H15F2N7O/c1-17(18,19)15-22-23-16(27-15)25-7-5-11-13(21-9-20-11)14(25)12-8-10-4-2-3-6-26(10)24-12/h2-4,6,8-9,14H,5,7H2,1H3,(H,20,21). The van der Waals surface area contributed by atoms with Crippen molar-refractivity contribution in [1.29, 1.82) is 0 Å². The summed E-state index contributed by atoms with van der Waals surface area (Å²) in [5, 5.41) is 12.0. The van der Waals surface area contributed by atoms with Gasteiger partial charge < -0.3 is 14.3 Å². The predicted octanol–water partition coefficient (Wildman–Crippen LogP) is 2.70. The lowest BCUT2D eigenvalue weighted by Gasteiger charge is -2.32. The second kappa shape index (κ2) is 5.60. The molecule has 0 spiro atoms. The monoisotopic (exact) mass is 371 g/mol. The molecule has 0 bridgehead atoms. The number of H-pyrrole nitrogens is 1. The van der Waals surface area contributed by atoms with Gasteiger partial charge in [-0.15, -0.1) is 5.10 Å². The second-order valence-electron chi connectivity index (χ2n) is 6.53. The number of aromatic nitrogens is 6. The first-order valence-corrected chi connectivity index (χ1v) is 8.45. The molecule has 10 heteroatoms. The number of halogens is 2. The molecular formula is C17H15F2N7O. The van der Waals surface area contributed by atoms with Gasteiger partial charge in [-0.3, -0.25) is 0 Å². The molecule has 0 saturated heterocycles. The number of imidazole rings is 1. The summed E-state index contributed by atoms with van der Waals surface area (Å²) in [6.07, 6.45) is 4.12. The third-order valence-corrected chi connectivity index (χ3v) is 4.63. The maximum Gasteiger partial charge on any atom is 0.321 e. The normalized spacial score (nSPS) is 17.4. The van der Waals surface area contributed by atoms with E-state index in [9.17, 15) is 8.78 Å². The number of anilines is 1. The highest BCUT2D eigenvalue weighted by Gasteiger charge is 2.38. The minimum Gasteiger partial charge on any atom is -0.401 e. The predicted molar refractivity (Wildman–Crippen MR) is 90.5 cm³/mol. The zero-order valence-corrected chi connectivity index (χ0v) is 14.3. The van der Waals surface area contributed by atoms with Crippen molar-refractivity contribution < 1.29 is 13.2 Å². The Balaban J connectivity index is 1.63. The van der Waals surface area contributed by atoms with Gasteiger partial charge in [0.1, 0.15) is 6.04 Å². The van der Waals surface area contributed by atoms with E-state index >= 15 is 0 Å². The first-order chi connectivity index (χ1) is 13.0. The van der Waals surface area contributed by atoms with E-state index in [4.69, 9.17) is 4.42 Å². The molecule has 8 nitrogen and oxygen atoms in total. The molecule has 4 aromatic heterocycles. The number of hydrogen-bond donors (Lipinski definition) is 1. The summed E-state index contributed by atoms with van der Waals surface area (Å²) in [6, 6.07) is 7.30.